The molecule has 0 bridgehead atoms. The van der Waals surface area contributed by atoms with Gasteiger partial charge in [0, 0.05) is 5.02 Å². The van der Waals surface area contributed by atoms with Crippen LogP contribution in [0.4, 0.5) is 5.13 Å². The van der Waals surface area contributed by atoms with Crippen LogP contribution in [0.3, 0.4) is 0 Å². The van der Waals surface area contributed by atoms with Gasteiger partial charge >= 0.3 is 0 Å². The summed E-state index contributed by atoms with van der Waals surface area (Å²) in [6.45, 7) is 5.51. The summed E-state index contributed by atoms with van der Waals surface area (Å²) in [4.78, 5) is 16.8. The molecule has 0 aliphatic carbocycles. The van der Waals surface area contributed by atoms with Crippen molar-refractivity contribution in [2.24, 2.45) is 0 Å². The van der Waals surface area contributed by atoms with Gasteiger partial charge < -0.3 is 9.47 Å². The number of carbonyl (C=O) groups is 1. The maximum absolute atomic E-state index is 12.4. The van der Waals surface area contributed by atoms with Crippen molar-refractivity contribution >= 4 is 44.2 Å². The molecule has 1 N–H and O–H groups in total. The number of anilines is 1. The highest BCUT2D eigenvalue weighted by atomic mass is 35.5. The molecule has 0 saturated heterocycles. The van der Waals surface area contributed by atoms with Crippen LogP contribution in [0.5, 0.6) is 11.5 Å². The zero-order valence-corrected chi connectivity index (χ0v) is 16.5. The summed E-state index contributed by atoms with van der Waals surface area (Å²) >= 11 is 7.56. The highest BCUT2D eigenvalue weighted by Gasteiger charge is 2.18. The Morgan fingerprint density at radius 3 is 2.54 bits per heavy atom. The molecule has 1 unspecified atom stereocenters. The second-order valence-corrected chi connectivity index (χ2v) is 7.38. The maximum atomic E-state index is 12.4. The Morgan fingerprint density at radius 1 is 1.19 bits per heavy atom. The fraction of sp³-hybridized carbons (Fsp3) is 0.263. The van der Waals surface area contributed by atoms with Crippen molar-refractivity contribution in [1.29, 1.82) is 0 Å². The van der Waals surface area contributed by atoms with Gasteiger partial charge in [-0.05, 0) is 62.2 Å². The summed E-state index contributed by atoms with van der Waals surface area (Å²) in [5.74, 6) is 1.10. The van der Waals surface area contributed by atoms with Crippen LogP contribution in [0.1, 0.15) is 18.1 Å². The number of hydrogen-bond donors (Lipinski definition) is 1. The van der Waals surface area contributed by atoms with Gasteiger partial charge in [0.05, 0.1) is 17.3 Å². The SMILES string of the molecule is COc1ccc2nc(NC(=O)C(C)Oc3cc(C)c(Cl)c(C)c3)sc2c1. The van der Waals surface area contributed by atoms with E-state index in [9.17, 15) is 4.79 Å². The van der Waals surface area contributed by atoms with E-state index in [1.807, 2.05) is 44.2 Å². The van der Waals surface area contributed by atoms with Crippen molar-refractivity contribution in [2.45, 2.75) is 26.9 Å². The van der Waals surface area contributed by atoms with E-state index in [0.29, 0.717) is 15.9 Å². The molecule has 3 rings (SSSR count). The van der Waals surface area contributed by atoms with Gasteiger partial charge in [0.25, 0.3) is 5.91 Å². The normalized spacial score (nSPS) is 12.0. The van der Waals surface area contributed by atoms with E-state index in [1.165, 1.54) is 11.3 Å². The number of nitrogens with one attached hydrogen (secondary N) is 1. The van der Waals surface area contributed by atoms with Crippen molar-refractivity contribution < 1.29 is 14.3 Å². The number of halogens is 1. The highest BCUT2D eigenvalue weighted by Crippen LogP contribution is 2.30. The van der Waals surface area contributed by atoms with Gasteiger partial charge in [0.15, 0.2) is 11.2 Å². The fourth-order valence-corrected chi connectivity index (χ4v) is 3.53. The number of aryl methyl sites for hydroxylation is 2. The Kier molecular flexibility index (Phi) is 5.34. The number of fused-ring (bicyclic) bond motifs is 1. The third kappa shape index (κ3) is 3.92. The number of ether oxygens (including phenoxy) is 2. The fourth-order valence-electron chi connectivity index (χ4n) is 2.52. The number of carbonyl (C=O) groups excluding carboxylic acids is 1. The molecule has 2 aromatic carbocycles. The van der Waals surface area contributed by atoms with E-state index < -0.39 is 6.10 Å². The molecule has 0 fully saturated rings. The summed E-state index contributed by atoms with van der Waals surface area (Å²) < 4.78 is 11.9. The predicted octanol–water partition coefficient (Wildman–Crippen LogP) is 4.98. The van der Waals surface area contributed by atoms with Crippen LogP contribution in [0, 0.1) is 13.8 Å². The van der Waals surface area contributed by atoms with Crippen LogP contribution < -0.4 is 14.8 Å². The number of thiazole rings is 1. The molecule has 1 amide bonds. The van der Waals surface area contributed by atoms with Crippen LogP contribution in [-0.2, 0) is 4.79 Å². The van der Waals surface area contributed by atoms with Crippen LogP contribution in [0.2, 0.25) is 5.02 Å². The Morgan fingerprint density at radius 2 is 1.88 bits per heavy atom. The summed E-state index contributed by atoms with van der Waals surface area (Å²) in [5.41, 5.74) is 2.63. The molecule has 136 valence electrons. The second kappa shape index (κ2) is 7.51. The first-order valence-corrected chi connectivity index (χ1v) is 9.25. The molecule has 3 aromatic rings. The molecule has 0 radical (unpaired) electrons. The molecular formula is C19H19ClN2O3S. The summed E-state index contributed by atoms with van der Waals surface area (Å²) in [6.07, 6.45) is -0.670. The van der Waals surface area contributed by atoms with Crippen molar-refractivity contribution in [3.05, 3.63) is 46.5 Å². The van der Waals surface area contributed by atoms with Gasteiger partial charge in [-0.15, -0.1) is 0 Å². The minimum absolute atomic E-state index is 0.263. The first-order valence-electron chi connectivity index (χ1n) is 8.06. The monoisotopic (exact) mass is 390 g/mol. The Labute approximate surface area is 160 Å². The van der Waals surface area contributed by atoms with Gasteiger partial charge in [-0.3, -0.25) is 10.1 Å². The number of rotatable bonds is 5. The lowest BCUT2D eigenvalue weighted by molar-refractivity contribution is -0.122. The zero-order chi connectivity index (χ0) is 18.8. The number of amides is 1. The molecule has 7 heteroatoms. The van der Waals surface area contributed by atoms with E-state index in [2.05, 4.69) is 10.3 Å². The molecule has 1 aromatic heterocycles. The van der Waals surface area contributed by atoms with Crippen molar-refractivity contribution in [3.63, 3.8) is 0 Å². The first-order chi connectivity index (χ1) is 12.4. The largest absolute Gasteiger partial charge is 0.497 e. The van der Waals surface area contributed by atoms with Crippen molar-refractivity contribution in [1.82, 2.24) is 4.98 Å². The Balaban J connectivity index is 1.71. The quantitative estimate of drug-likeness (QED) is 0.667. The van der Waals surface area contributed by atoms with E-state index in [4.69, 9.17) is 21.1 Å². The van der Waals surface area contributed by atoms with Gasteiger partial charge in [0.1, 0.15) is 11.5 Å². The molecule has 1 heterocycles. The van der Waals surface area contributed by atoms with E-state index >= 15 is 0 Å². The average Bonchev–Trinajstić information content (AvgIpc) is 3.00. The Hall–Kier alpha value is -2.31. The number of methoxy groups -OCH3 is 1. The number of aromatic nitrogens is 1. The Bertz CT molecular complexity index is 948. The molecular weight excluding hydrogens is 372 g/mol. The standard InChI is InChI=1S/C19H19ClN2O3S/c1-10-7-14(8-11(2)17(10)20)25-12(3)18(23)22-19-21-15-6-5-13(24-4)9-16(15)26-19/h5-9,12H,1-4H3,(H,21,22,23). The minimum atomic E-state index is -0.670. The van der Waals surface area contributed by atoms with Crippen molar-refractivity contribution in [2.75, 3.05) is 12.4 Å². The third-order valence-electron chi connectivity index (χ3n) is 3.92. The zero-order valence-electron chi connectivity index (χ0n) is 14.9. The lowest BCUT2D eigenvalue weighted by Crippen LogP contribution is -2.30. The molecule has 26 heavy (non-hydrogen) atoms. The molecule has 0 aliphatic rings. The molecule has 0 saturated carbocycles. The predicted molar refractivity (Wildman–Crippen MR) is 106 cm³/mol. The van der Waals surface area contributed by atoms with Gasteiger partial charge in [0.2, 0.25) is 0 Å². The number of hydrogen-bond acceptors (Lipinski definition) is 5. The van der Waals surface area contributed by atoms with E-state index in [1.54, 1.807) is 14.0 Å². The van der Waals surface area contributed by atoms with Crippen LogP contribution in [0.25, 0.3) is 10.2 Å². The molecule has 5 nitrogen and oxygen atoms in total. The van der Waals surface area contributed by atoms with E-state index in [-0.39, 0.29) is 5.91 Å². The second-order valence-electron chi connectivity index (χ2n) is 5.97. The van der Waals surface area contributed by atoms with Crippen LogP contribution in [0.15, 0.2) is 30.3 Å². The summed E-state index contributed by atoms with van der Waals surface area (Å²) in [7, 11) is 1.62. The molecule has 0 spiro atoms. The topological polar surface area (TPSA) is 60.5 Å². The minimum Gasteiger partial charge on any atom is -0.497 e. The van der Waals surface area contributed by atoms with Gasteiger partial charge in [-0.1, -0.05) is 22.9 Å². The van der Waals surface area contributed by atoms with Gasteiger partial charge in [-0.2, -0.15) is 0 Å². The summed E-state index contributed by atoms with van der Waals surface area (Å²) in [6, 6.07) is 9.23. The van der Waals surface area contributed by atoms with Gasteiger partial charge in [-0.25, -0.2) is 4.98 Å². The third-order valence-corrected chi connectivity index (χ3v) is 5.45. The lowest BCUT2D eigenvalue weighted by atomic mass is 10.1. The first kappa shape index (κ1) is 18.5. The van der Waals surface area contributed by atoms with Crippen LogP contribution >= 0.6 is 22.9 Å². The van der Waals surface area contributed by atoms with Crippen LogP contribution in [-0.4, -0.2) is 24.1 Å². The molecule has 0 aliphatic heterocycles. The number of benzene rings is 2. The molecule has 1 atom stereocenters. The smallest absolute Gasteiger partial charge is 0.266 e. The number of nitrogens with zero attached hydrogens (tertiary/aromatic N) is 1. The van der Waals surface area contributed by atoms with E-state index in [0.717, 1.165) is 27.1 Å². The highest BCUT2D eigenvalue weighted by molar-refractivity contribution is 7.22. The summed E-state index contributed by atoms with van der Waals surface area (Å²) in [5, 5.41) is 4.04. The van der Waals surface area contributed by atoms with Crippen molar-refractivity contribution in [3.8, 4) is 11.5 Å². The lowest BCUT2D eigenvalue weighted by Gasteiger charge is -2.15. The average molecular weight is 391 g/mol. The maximum Gasteiger partial charge on any atom is 0.266 e.